The summed E-state index contributed by atoms with van der Waals surface area (Å²) < 4.78 is 34.6. The normalized spacial score (nSPS) is 10.8. The van der Waals surface area contributed by atoms with E-state index in [0.29, 0.717) is 74.1 Å². The Kier molecular flexibility index (Phi) is 11.1. The lowest BCUT2D eigenvalue weighted by molar-refractivity contribution is 0.103. The van der Waals surface area contributed by atoms with Gasteiger partial charge in [-0.3, -0.25) is 4.79 Å². The van der Waals surface area contributed by atoms with E-state index in [1.54, 1.807) is 12.1 Å². The smallest absolute Gasteiger partial charge is 0.193 e. The first-order valence-corrected chi connectivity index (χ1v) is 11.9. The molecule has 0 N–H and O–H groups in total. The maximum atomic E-state index is 13.6. The molecule has 0 aliphatic heterocycles. The van der Waals surface area contributed by atoms with Crippen molar-refractivity contribution in [1.82, 2.24) is 0 Å². The molecule has 2 aromatic rings. The molecule has 0 fully saturated rings. The first-order valence-electron chi connectivity index (χ1n) is 11.9. The molecule has 0 unspecified atom stereocenters. The van der Waals surface area contributed by atoms with Gasteiger partial charge in [0.25, 0.3) is 0 Å². The van der Waals surface area contributed by atoms with Gasteiger partial charge in [0, 0.05) is 11.6 Å². The van der Waals surface area contributed by atoms with Crippen LogP contribution >= 0.6 is 0 Å². The van der Waals surface area contributed by atoms with Crippen LogP contribution in [0.2, 0.25) is 0 Å². The summed E-state index contributed by atoms with van der Waals surface area (Å²) in [6.07, 6.45) is 3.18. The van der Waals surface area contributed by atoms with E-state index in [1.807, 2.05) is 59.7 Å². The minimum atomic E-state index is -0.307. The molecule has 0 bridgehead atoms. The van der Waals surface area contributed by atoms with E-state index in [0.717, 1.165) is 5.56 Å². The number of rotatable bonds is 15. The van der Waals surface area contributed by atoms with Crippen LogP contribution in [0.1, 0.15) is 57.5 Å². The maximum absolute atomic E-state index is 13.6. The SMILES string of the molecule is CCOc1ccc(OCC)c(/C=C/C(=O)c2c(OCC)c(OCC)cc(OCC)c2OCC)c1. The number of hydrogen-bond donors (Lipinski definition) is 0. The molecule has 0 heterocycles. The highest BCUT2D eigenvalue weighted by atomic mass is 16.5. The van der Waals surface area contributed by atoms with Gasteiger partial charge in [-0.2, -0.15) is 0 Å². The van der Waals surface area contributed by atoms with Gasteiger partial charge >= 0.3 is 0 Å². The molecule has 0 amide bonds. The number of allylic oxidation sites excluding steroid dienone is 1. The molecule has 0 atom stereocenters. The van der Waals surface area contributed by atoms with Crippen LogP contribution < -0.4 is 28.4 Å². The highest BCUT2D eigenvalue weighted by molar-refractivity contribution is 6.11. The van der Waals surface area contributed by atoms with Crippen molar-refractivity contribution in [1.29, 1.82) is 0 Å². The summed E-state index contributed by atoms with van der Waals surface area (Å²) in [5.74, 6) is 2.57. The fraction of sp³-hybridized carbons (Fsp3) is 0.444. The Morgan fingerprint density at radius 3 is 1.65 bits per heavy atom. The number of ketones is 1. The fourth-order valence-electron chi connectivity index (χ4n) is 3.37. The van der Waals surface area contributed by atoms with E-state index in [4.69, 9.17) is 28.4 Å². The molecule has 0 saturated carbocycles. The van der Waals surface area contributed by atoms with Crippen molar-refractivity contribution in [2.24, 2.45) is 0 Å². The molecular formula is C27H36O7. The second kappa shape index (κ2) is 14.0. The molecule has 0 spiro atoms. The lowest BCUT2D eigenvalue weighted by Crippen LogP contribution is -2.10. The largest absolute Gasteiger partial charge is 0.494 e. The molecule has 2 aromatic carbocycles. The topological polar surface area (TPSA) is 72.5 Å². The Labute approximate surface area is 202 Å². The van der Waals surface area contributed by atoms with Crippen molar-refractivity contribution in [3.05, 3.63) is 41.5 Å². The first kappa shape index (κ1) is 26.9. The molecule has 0 aliphatic carbocycles. The van der Waals surface area contributed by atoms with Crippen LogP contribution in [0.4, 0.5) is 0 Å². The number of benzene rings is 2. The van der Waals surface area contributed by atoms with Gasteiger partial charge in [0.2, 0.25) is 0 Å². The van der Waals surface area contributed by atoms with Crippen LogP contribution in [0.5, 0.6) is 34.5 Å². The molecular weight excluding hydrogens is 436 g/mol. The predicted molar refractivity (Wildman–Crippen MR) is 133 cm³/mol. The van der Waals surface area contributed by atoms with E-state index in [2.05, 4.69) is 0 Å². The average molecular weight is 473 g/mol. The van der Waals surface area contributed by atoms with Gasteiger partial charge < -0.3 is 28.4 Å². The second-order valence-corrected chi connectivity index (χ2v) is 6.90. The van der Waals surface area contributed by atoms with Crippen molar-refractivity contribution in [3.63, 3.8) is 0 Å². The Bertz CT molecular complexity index is 932. The Morgan fingerprint density at radius 2 is 1.15 bits per heavy atom. The molecule has 7 nitrogen and oxygen atoms in total. The van der Waals surface area contributed by atoms with Crippen molar-refractivity contribution in [2.45, 2.75) is 41.5 Å². The standard InChI is InChI=1S/C27H36O7/c1-7-29-20-14-16-22(30-8-2)19(17-20)13-15-21(28)25-26(33-11-5)23(31-9-3)18-24(32-10-4)27(25)34-12-6/h13-18H,7-12H2,1-6H3/b15-13+. The molecule has 0 aliphatic rings. The Hall–Kier alpha value is -3.35. The summed E-state index contributed by atoms with van der Waals surface area (Å²) >= 11 is 0. The molecule has 0 radical (unpaired) electrons. The highest BCUT2D eigenvalue weighted by Gasteiger charge is 2.26. The van der Waals surface area contributed by atoms with Gasteiger partial charge in [0.15, 0.2) is 28.8 Å². The maximum Gasteiger partial charge on any atom is 0.193 e. The van der Waals surface area contributed by atoms with Crippen LogP contribution in [0.25, 0.3) is 6.08 Å². The van der Waals surface area contributed by atoms with E-state index in [-0.39, 0.29) is 11.3 Å². The van der Waals surface area contributed by atoms with Gasteiger partial charge in [-0.25, -0.2) is 0 Å². The Balaban J connectivity index is 2.63. The van der Waals surface area contributed by atoms with Gasteiger partial charge in [-0.1, -0.05) is 0 Å². The molecule has 2 rings (SSSR count). The number of carbonyl (C=O) groups excluding carboxylic acids is 1. The molecule has 0 aromatic heterocycles. The zero-order chi connectivity index (χ0) is 24.9. The molecule has 186 valence electrons. The minimum Gasteiger partial charge on any atom is -0.494 e. The van der Waals surface area contributed by atoms with Crippen molar-refractivity contribution >= 4 is 11.9 Å². The molecule has 34 heavy (non-hydrogen) atoms. The lowest BCUT2D eigenvalue weighted by atomic mass is 10.0. The van der Waals surface area contributed by atoms with Crippen molar-refractivity contribution < 1.29 is 33.2 Å². The van der Waals surface area contributed by atoms with Gasteiger partial charge in [0.1, 0.15) is 17.1 Å². The lowest BCUT2D eigenvalue weighted by Gasteiger charge is -2.20. The summed E-state index contributed by atoms with van der Waals surface area (Å²) in [4.78, 5) is 13.6. The number of ether oxygens (including phenoxy) is 6. The minimum absolute atomic E-state index is 0.258. The Morgan fingerprint density at radius 1 is 0.647 bits per heavy atom. The van der Waals surface area contributed by atoms with Crippen LogP contribution in [0, 0.1) is 0 Å². The van der Waals surface area contributed by atoms with Crippen LogP contribution in [-0.2, 0) is 0 Å². The van der Waals surface area contributed by atoms with Crippen LogP contribution in [0.15, 0.2) is 30.3 Å². The fourth-order valence-corrected chi connectivity index (χ4v) is 3.37. The zero-order valence-corrected chi connectivity index (χ0v) is 21.1. The summed E-state index contributed by atoms with van der Waals surface area (Å²) in [6, 6.07) is 7.22. The summed E-state index contributed by atoms with van der Waals surface area (Å²) in [5.41, 5.74) is 0.983. The van der Waals surface area contributed by atoms with Crippen LogP contribution in [-0.4, -0.2) is 45.4 Å². The van der Waals surface area contributed by atoms with E-state index < -0.39 is 0 Å². The number of hydrogen-bond acceptors (Lipinski definition) is 7. The monoisotopic (exact) mass is 472 g/mol. The second-order valence-electron chi connectivity index (χ2n) is 6.90. The van der Waals surface area contributed by atoms with Gasteiger partial charge in [-0.15, -0.1) is 0 Å². The summed E-state index contributed by atoms with van der Waals surface area (Å²) in [7, 11) is 0. The van der Waals surface area contributed by atoms with Crippen molar-refractivity contribution in [2.75, 3.05) is 39.6 Å². The first-order chi connectivity index (χ1) is 16.5. The molecule has 7 heteroatoms. The van der Waals surface area contributed by atoms with E-state index >= 15 is 0 Å². The third-order valence-corrected chi connectivity index (χ3v) is 4.59. The third-order valence-electron chi connectivity index (χ3n) is 4.59. The third kappa shape index (κ3) is 6.83. The zero-order valence-electron chi connectivity index (χ0n) is 21.1. The van der Waals surface area contributed by atoms with Gasteiger partial charge in [-0.05, 0) is 71.9 Å². The van der Waals surface area contributed by atoms with Gasteiger partial charge in [0.05, 0.1) is 39.6 Å². The summed E-state index contributed by atoms with van der Waals surface area (Å²) in [6.45, 7) is 13.8. The van der Waals surface area contributed by atoms with E-state index in [9.17, 15) is 4.79 Å². The average Bonchev–Trinajstić information content (AvgIpc) is 2.82. The van der Waals surface area contributed by atoms with Crippen LogP contribution in [0.3, 0.4) is 0 Å². The van der Waals surface area contributed by atoms with E-state index in [1.165, 1.54) is 6.08 Å². The highest BCUT2D eigenvalue weighted by Crippen LogP contribution is 2.45. The molecule has 0 saturated heterocycles. The summed E-state index contributed by atoms with van der Waals surface area (Å²) in [5, 5.41) is 0. The van der Waals surface area contributed by atoms with Crippen molar-refractivity contribution in [3.8, 4) is 34.5 Å². The quantitative estimate of drug-likeness (QED) is 0.233. The predicted octanol–water partition coefficient (Wildman–Crippen LogP) is 5.97. The number of carbonyl (C=O) groups is 1.